The Kier molecular flexibility index (Phi) is 9.36. The first-order valence-electron chi connectivity index (χ1n) is 8.48. The molecule has 0 aromatic heterocycles. The Morgan fingerprint density at radius 2 is 1.36 bits per heavy atom. The quantitative estimate of drug-likeness (QED) is 0.382. The van der Waals surface area contributed by atoms with Crippen LogP contribution in [0, 0.1) is 0 Å². The zero-order chi connectivity index (χ0) is 16.2. The highest BCUT2D eigenvalue weighted by molar-refractivity contribution is 6.01. The Morgan fingerprint density at radius 3 is 1.86 bits per heavy atom. The monoisotopic (exact) mass is 306 g/mol. The molecule has 3 heteroatoms. The number of benzene rings is 1. The Labute approximate surface area is 135 Å². The van der Waals surface area contributed by atoms with Gasteiger partial charge in [-0.05, 0) is 18.6 Å². The number of ketones is 1. The third kappa shape index (κ3) is 6.08. The van der Waals surface area contributed by atoms with Crippen molar-refractivity contribution in [1.29, 1.82) is 0 Å². The standard InChI is InChI=1S/C19H30O3/c1-4-5-6-7-8-9-10-11-13-16(20)19-17(21-2)14-12-15-18(19)22-3/h12,14-15H,4-11,13H2,1-3H3. The maximum atomic E-state index is 12.4. The van der Waals surface area contributed by atoms with Gasteiger partial charge in [-0.1, -0.05) is 57.9 Å². The Morgan fingerprint density at radius 1 is 0.864 bits per heavy atom. The van der Waals surface area contributed by atoms with Gasteiger partial charge in [0.15, 0.2) is 5.78 Å². The van der Waals surface area contributed by atoms with E-state index in [1.807, 2.05) is 18.2 Å². The van der Waals surface area contributed by atoms with Crippen LogP contribution in [-0.4, -0.2) is 20.0 Å². The first-order chi connectivity index (χ1) is 10.7. The second-order valence-electron chi connectivity index (χ2n) is 5.69. The first-order valence-corrected chi connectivity index (χ1v) is 8.48. The maximum absolute atomic E-state index is 12.4. The average molecular weight is 306 g/mol. The Hall–Kier alpha value is -1.51. The molecule has 0 amide bonds. The predicted octanol–water partition coefficient (Wildman–Crippen LogP) is 5.42. The summed E-state index contributed by atoms with van der Waals surface area (Å²) in [5, 5.41) is 0. The normalized spacial score (nSPS) is 10.5. The van der Waals surface area contributed by atoms with Gasteiger partial charge in [0.05, 0.1) is 14.2 Å². The van der Waals surface area contributed by atoms with Gasteiger partial charge in [-0.15, -0.1) is 0 Å². The maximum Gasteiger partial charge on any atom is 0.170 e. The molecule has 0 saturated heterocycles. The number of hydrogen-bond acceptors (Lipinski definition) is 3. The molecule has 124 valence electrons. The fraction of sp³-hybridized carbons (Fsp3) is 0.632. The zero-order valence-corrected chi connectivity index (χ0v) is 14.3. The molecule has 22 heavy (non-hydrogen) atoms. The van der Waals surface area contributed by atoms with E-state index in [-0.39, 0.29) is 5.78 Å². The lowest BCUT2D eigenvalue weighted by Gasteiger charge is -2.11. The van der Waals surface area contributed by atoms with Crippen molar-refractivity contribution in [2.45, 2.75) is 64.7 Å². The van der Waals surface area contributed by atoms with Crippen LogP contribution in [0.2, 0.25) is 0 Å². The lowest BCUT2D eigenvalue weighted by Crippen LogP contribution is -2.05. The minimum absolute atomic E-state index is 0.111. The molecule has 0 radical (unpaired) electrons. The van der Waals surface area contributed by atoms with Gasteiger partial charge >= 0.3 is 0 Å². The van der Waals surface area contributed by atoms with Gasteiger partial charge in [-0.3, -0.25) is 4.79 Å². The van der Waals surface area contributed by atoms with Crippen LogP contribution in [-0.2, 0) is 0 Å². The Bertz CT molecular complexity index is 418. The average Bonchev–Trinajstić information content (AvgIpc) is 2.56. The van der Waals surface area contributed by atoms with Crippen molar-refractivity contribution in [3.63, 3.8) is 0 Å². The Balaban J connectivity index is 2.37. The molecule has 0 spiro atoms. The lowest BCUT2D eigenvalue weighted by atomic mass is 10.0. The summed E-state index contributed by atoms with van der Waals surface area (Å²) in [6.07, 6.45) is 10.4. The van der Waals surface area contributed by atoms with Crippen molar-refractivity contribution in [3.05, 3.63) is 23.8 Å². The number of methoxy groups -OCH3 is 2. The van der Waals surface area contributed by atoms with E-state index in [1.165, 1.54) is 38.5 Å². The molecule has 0 atom stereocenters. The smallest absolute Gasteiger partial charge is 0.170 e. The SMILES string of the molecule is CCCCCCCCCCC(=O)c1c(OC)cccc1OC. The van der Waals surface area contributed by atoms with E-state index in [0.29, 0.717) is 23.5 Å². The largest absolute Gasteiger partial charge is 0.496 e. The molecule has 0 fully saturated rings. The molecule has 3 nitrogen and oxygen atoms in total. The third-order valence-electron chi connectivity index (χ3n) is 3.96. The van der Waals surface area contributed by atoms with Crippen molar-refractivity contribution in [2.75, 3.05) is 14.2 Å². The van der Waals surface area contributed by atoms with E-state index < -0.39 is 0 Å². The van der Waals surface area contributed by atoms with Crippen LogP contribution in [0.4, 0.5) is 0 Å². The summed E-state index contributed by atoms with van der Waals surface area (Å²) in [5.41, 5.74) is 0.579. The molecule has 0 N–H and O–H groups in total. The van der Waals surface area contributed by atoms with Crippen LogP contribution in [0.5, 0.6) is 11.5 Å². The van der Waals surface area contributed by atoms with Crippen LogP contribution >= 0.6 is 0 Å². The molecular weight excluding hydrogens is 276 g/mol. The molecule has 0 aliphatic carbocycles. The fourth-order valence-electron chi connectivity index (χ4n) is 2.67. The van der Waals surface area contributed by atoms with Crippen LogP contribution in [0.25, 0.3) is 0 Å². The molecule has 0 aliphatic rings. The van der Waals surface area contributed by atoms with Crippen molar-refractivity contribution < 1.29 is 14.3 Å². The van der Waals surface area contributed by atoms with Crippen LogP contribution in [0.1, 0.15) is 75.1 Å². The predicted molar refractivity (Wildman–Crippen MR) is 91.1 cm³/mol. The molecule has 1 aromatic carbocycles. The van der Waals surface area contributed by atoms with E-state index in [9.17, 15) is 4.79 Å². The van der Waals surface area contributed by atoms with Crippen molar-refractivity contribution in [1.82, 2.24) is 0 Å². The number of hydrogen-bond donors (Lipinski definition) is 0. The summed E-state index contributed by atoms with van der Waals surface area (Å²) < 4.78 is 10.6. The molecule has 1 rings (SSSR count). The molecule has 0 unspecified atom stereocenters. The summed E-state index contributed by atoms with van der Waals surface area (Å²) >= 11 is 0. The summed E-state index contributed by atoms with van der Waals surface area (Å²) in [4.78, 5) is 12.4. The van der Waals surface area contributed by atoms with E-state index in [2.05, 4.69) is 6.92 Å². The summed E-state index contributed by atoms with van der Waals surface area (Å²) in [6, 6.07) is 5.46. The van der Waals surface area contributed by atoms with Gasteiger partial charge in [0.1, 0.15) is 17.1 Å². The molecule has 1 aromatic rings. The second-order valence-corrected chi connectivity index (χ2v) is 5.69. The van der Waals surface area contributed by atoms with Crippen LogP contribution in [0.15, 0.2) is 18.2 Å². The highest BCUT2D eigenvalue weighted by Gasteiger charge is 2.17. The van der Waals surface area contributed by atoms with Crippen molar-refractivity contribution in [2.24, 2.45) is 0 Å². The van der Waals surface area contributed by atoms with Crippen molar-refractivity contribution in [3.8, 4) is 11.5 Å². The second kappa shape index (κ2) is 11.1. The number of carbonyl (C=O) groups is 1. The minimum Gasteiger partial charge on any atom is -0.496 e. The van der Waals surface area contributed by atoms with E-state index in [4.69, 9.17) is 9.47 Å². The van der Waals surface area contributed by atoms with Crippen LogP contribution in [0.3, 0.4) is 0 Å². The number of carbonyl (C=O) groups excluding carboxylic acids is 1. The van der Waals surface area contributed by atoms with Gasteiger partial charge < -0.3 is 9.47 Å². The van der Waals surface area contributed by atoms with E-state index >= 15 is 0 Å². The molecule has 0 bridgehead atoms. The highest BCUT2D eigenvalue weighted by Crippen LogP contribution is 2.30. The molecule has 0 heterocycles. The lowest BCUT2D eigenvalue weighted by molar-refractivity contribution is 0.0973. The first kappa shape index (κ1) is 18.5. The number of rotatable bonds is 12. The number of Topliss-reactive ketones (excluding diaryl/α,β-unsaturated/α-hetero) is 1. The highest BCUT2D eigenvalue weighted by atomic mass is 16.5. The van der Waals surface area contributed by atoms with Gasteiger partial charge in [0.25, 0.3) is 0 Å². The molecule has 0 aliphatic heterocycles. The minimum atomic E-state index is 0.111. The van der Waals surface area contributed by atoms with Crippen molar-refractivity contribution >= 4 is 5.78 Å². The van der Waals surface area contributed by atoms with E-state index in [0.717, 1.165) is 12.8 Å². The van der Waals surface area contributed by atoms with Gasteiger partial charge in [0.2, 0.25) is 0 Å². The zero-order valence-electron chi connectivity index (χ0n) is 14.3. The molecule has 0 saturated carbocycles. The topological polar surface area (TPSA) is 35.5 Å². The summed E-state index contributed by atoms with van der Waals surface area (Å²) in [6.45, 7) is 2.23. The van der Waals surface area contributed by atoms with Gasteiger partial charge in [-0.2, -0.15) is 0 Å². The fourth-order valence-corrected chi connectivity index (χ4v) is 2.67. The third-order valence-corrected chi connectivity index (χ3v) is 3.96. The van der Waals surface area contributed by atoms with Gasteiger partial charge in [-0.25, -0.2) is 0 Å². The number of ether oxygens (including phenoxy) is 2. The summed E-state index contributed by atoms with van der Waals surface area (Å²) in [5.74, 6) is 1.31. The molecular formula is C19H30O3. The van der Waals surface area contributed by atoms with Crippen LogP contribution < -0.4 is 9.47 Å². The number of unbranched alkanes of at least 4 members (excludes halogenated alkanes) is 7. The van der Waals surface area contributed by atoms with E-state index in [1.54, 1.807) is 14.2 Å². The summed E-state index contributed by atoms with van der Waals surface area (Å²) in [7, 11) is 3.17. The van der Waals surface area contributed by atoms with Gasteiger partial charge in [0, 0.05) is 6.42 Å².